The van der Waals surface area contributed by atoms with Gasteiger partial charge < -0.3 is 25.2 Å². The molecule has 1 aliphatic carbocycles. The number of pyridine rings is 1. The predicted octanol–water partition coefficient (Wildman–Crippen LogP) is 3.66. The molecule has 1 aliphatic rings. The molecule has 3 aromatic rings. The van der Waals surface area contributed by atoms with E-state index in [1.807, 2.05) is 24.3 Å². The number of nitrogens with zero attached hydrogens (tertiary/aromatic N) is 1. The highest BCUT2D eigenvalue weighted by atomic mass is 16.5. The molecule has 1 heterocycles. The lowest BCUT2D eigenvalue weighted by Gasteiger charge is -2.14. The van der Waals surface area contributed by atoms with Crippen LogP contribution in [0.15, 0.2) is 66.9 Å². The zero-order valence-electron chi connectivity index (χ0n) is 18.9. The fourth-order valence-corrected chi connectivity index (χ4v) is 3.96. The third-order valence-electron chi connectivity index (χ3n) is 5.60. The van der Waals surface area contributed by atoms with Gasteiger partial charge in [-0.25, -0.2) is 14.6 Å². The van der Waals surface area contributed by atoms with Crippen LogP contribution in [0, 0.1) is 0 Å². The molecule has 2 aromatic carbocycles. The third-order valence-corrected chi connectivity index (χ3v) is 5.60. The first-order valence-corrected chi connectivity index (χ1v) is 11.2. The number of amides is 2. The largest absolute Gasteiger partial charge is 0.477 e. The first kappa shape index (κ1) is 23.9. The Morgan fingerprint density at radius 3 is 2.23 bits per heavy atom. The number of hydrogen-bond donors (Lipinski definition) is 3. The molecule has 0 fully saturated rings. The molecule has 2 amide bonds. The zero-order chi connectivity index (χ0) is 24.6. The average Bonchev–Trinajstić information content (AvgIpc) is 3.19. The van der Waals surface area contributed by atoms with Gasteiger partial charge in [-0.15, -0.1) is 0 Å². The Morgan fingerprint density at radius 2 is 1.60 bits per heavy atom. The molecule has 35 heavy (non-hydrogen) atoms. The van der Waals surface area contributed by atoms with Crippen molar-refractivity contribution < 1.29 is 29.0 Å². The minimum absolute atomic E-state index is 0.00144. The number of aromatic carboxylic acids is 1. The van der Waals surface area contributed by atoms with E-state index in [9.17, 15) is 14.4 Å². The topological polar surface area (TPSA) is 127 Å². The molecule has 0 spiro atoms. The number of carbonyl (C=O) groups excluding carboxylic acids is 2. The fraction of sp³-hybridized carbons (Fsp3) is 0.231. The highest BCUT2D eigenvalue weighted by Crippen LogP contribution is 2.44. The number of carboxylic acid groups (broad SMARTS) is 1. The van der Waals surface area contributed by atoms with Crippen LogP contribution < -0.4 is 10.6 Å². The molecule has 4 rings (SSSR count). The van der Waals surface area contributed by atoms with Crippen LogP contribution in [0.5, 0.6) is 0 Å². The summed E-state index contributed by atoms with van der Waals surface area (Å²) in [5, 5.41) is 14.1. The standard InChI is InChI=1S/C26H25N3O6/c30-24(29-17-9-10-23(25(31)32)28-15-17)11-13-34-14-12-27-26(33)35-16-22-20-7-3-1-5-18(20)19-6-2-4-8-21(19)22/h1-10,15,22H,11-14,16H2,(H,27,33)(H,29,30)(H,31,32). The van der Waals surface area contributed by atoms with Gasteiger partial charge in [-0.3, -0.25) is 4.79 Å². The lowest BCUT2D eigenvalue weighted by molar-refractivity contribution is -0.117. The van der Waals surface area contributed by atoms with E-state index in [2.05, 4.69) is 39.9 Å². The maximum atomic E-state index is 12.1. The van der Waals surface area contributed by atoms with Crippen molar-refractivity contribution in [2.24, 2.45) is 0 Å². The number of fused-ring (bicyclic) bond motifs is 3. The monoisotopic (exact) mass is 475 g/mol. The van der Waals surface area contributed by atoms with Crippen LogP contribution in [0.3, 0.4) is 0 Å². The summed E-state index contributed by atoms with van der Waals surface area (Å²) in [6, 6.07) is 19.0. The van der Waals surface area contributed by atoms with Gasteiger partial charge in [0.15, 0.2) is 0 Å². The summed E-state index contributed by atoms with van der Waals surface area (Å²) in [5.41, 5.74) is 4.94. The van der Waals surface area contributed by atoms with Crippen LogP contribution in [-0.2, 0) is 14.3 Å². The molecule has 9 heteroatoms. The van der Waals surface area contributed by atoms with Crippen molar-refractivity contribution in [3.63, 3.8) is 0 Å². The second-order valence-corrected chi connectivity index (χ2v) is 7.90. The number of nitrogens with one attached hydrogen (secondary N) is 2. The van der Waals surface area contributed by atoms with Crippen LogP contribution in [-0.4, -0.2) is 54.4 Å². The second-order valence-electron chi connectivity index (χ2n) is 7.90. The van der Waals surface area contributed by atoms with Crippen molar-refractivity contribution in [1.82, 2.24) is 10.3 Å². The van der Waals surface area contributed by atoms with Crippen molar-refractivity contribution in [3.05, 3.63) is 83.7 Å². The average molecular weight is 476 g/mol. The summed E-state index contributed by atoms with van der Waals surface area (Å²) < 4.78 is 10.9. The van der Waals surface area contributed by atoms with Crippen molar-refractivity contribution in [1.29, 1.82) is 0 Å². The fourth-order valence-electron chi connectivity index (χ4n) is 3.96. The summed E-state index contributed by atoms with van der Waals surface area (Å²) >= 11 is 0. The van der Waals surface area contributed by atoms with Crippen molar-refractivity contribution in [2.45, 2.75) is 12.3 Å². The Labute approximate surface area is 202 Å². The van der Waals surface area contributed by atoms with Crippen LogP contribution in [0.4, 0.5) is 10.5 Å². The molecule has 1 aromatic heterocycles. The van der Waals surface area contributed by atoms with E-state index >= 15 is 0 Å². The van der Waals surface area contributed by atoms with Crippen LogP contribution in [0.25, 0.3) is 11.1 Å². The van der Waals surface area contributed by atoms with Gasteiger partial charge in [-0.05, 0) is 34.4 Å². The molecule has 0 aliphatic heterocycles. The van der Waals surface area contributed by atoms with Crippen LogP contribution in [0.1, 0.15) is 34.0 Å². The summed E-state index contributed by atoms with van der Waals surface area (Å²) in [6.45, 7) is 0.882. The smallest absolute Gasteiger partial charge is 0.407 e. The van der Waals surface area contributed by atoms with Crippen molar-refractivity contribution >= 4 is 23.7 Å². The van der Waals surface area contributed by atoms with E-state index in [0.29, 0.717) is 5.69 Å². The molecule has 0 radical (unpaired) electrons. The maximum absolute atomic E-state index is 12.1. The Hall–Kier alpha value is -4.24. The molecule has 0 saturated carbocycles. The van der Waals surface area contributed by atoms with Crippen molar-refractivity contribution in [3.8, 4) is 11.1 Å². The molecule has 0 unspecified atom stereocenters. The van der Waals surface area contributed by atoms with E-state index in [1.54, 1.807) is 0 Å². The van der Waals surface area contributed by atoms with E-state index in [-0.39, 0.29) is 50.3 Å². The number of rotatable bonds is 10. The normalized spacial score (nSPS) is 11.9. The Kier molecular flexibility index (Phi) is 7.69. The zero-order valence-corrected chi connectivity index (χ0v) is 18.9. The molecule has 9 nitrogen and oxygen atoms in total. The molecule has 0 saturated heterocycles. The third kappa shape index (κ3) is 6.01. The number of ether oxygens (including phenoxy) is 2. The van der Waals surface area contributed by atoms with Crippen LogP contribution >= 0.6 is 0 Å². The van der Waals surface area contributed by atoms with Gasteiger partial charge in [0.25, 0.3) is 0 Å². The number of carbonyl (C=O) groups is 3. The van der Waals surface area contributed by atoms with E-state index in [1.165, 1.54) is 29.5 Å². The molecular formula is C26H25N3O6. The first-order chi connectivity index (χ1) is 17.0. The Balaban J connectivity index is 1.12. The first-order valence-electron chi connectivity index (χ1n) is 11.2. The lowest BCUT2D eigenvalue weighted by atomic mass is 9.98. The molecule has 0 atom stereocenters. The number of hydrogen-bond acceptors (Lipinski definition) is 6. The van der Waals surface area contributed by atoms with Gasteiger partial charge in [0.05, 0.1) is 31.5 Å². The van der Waals surface area contributed by atoms with Gasteiger partial charge in [-0.1, -0.05) is 48.5 Å². The molecular weight excluding hydrogens is 450 g/mol. The van der Waals surface area contributed by atoms with Crippen LogP contribution in [0.2, 0.25) is 0 Å². The number of alkyl carbamates (subject to hydrolysis) is 1. The van der Waals surface area contributed by atoms with Gasteiger partial charge in [-0.2, -0.15) is 0 Å². The minimum atomic E-state index is -1.14. The summed E-state index contributed by atoms with van der Waals surface area (Å²) in [5.74, 6) is -1.43. The predicted molar refractivity (Wildman–Crippen MR) is 128 cm³/mol. The maximum Gasteiger partial charge on any atom is 0.407 e. The number of benzene rings is 2. The minimum Gasteiger partial charge on any atom is -0.477 e. The summed E-state index contributed by atoms with van der Waals surface area (Å²) in [6.07, 6.45) is 0.858. The summed E-state index contributed by atoms with van der Waals surface area (Å²) in [4.78, 5) is 38.6. The summed E-state index contributed by atoms with van der Waals surface area (Å²) in [7, 11) is 0. The van der Waals surface area contributed by atoms with E-state index < -0.39 is 12.1 Å². The highest BCUT2D eigenvalue weighted by molar-refractivity contribution is 5.91. The van der Waals surface area contributed by atoms with E-state index in [0.717, 1.165) is 11.1 Å². The quantitative estimate of drug-likeness (QED) is 0.382. The molecule has 0 bridgehead atoms. The number of aromatic nitrogens is 1. The van der Waals surface area contributed by atoms with Gasteiger partial charge >= 0.3 is 12.1 Å². The Bertz CT molecular complexity index is 1170. The van der Waals surface area contributed by atoms with E-state index in [4.69, 9.17) is 14.6 Å². The van der Waals surface area contributed by atoms with Gasteiger partial charge in [0, 0.05) is 12.5 Å². The molecule has 3 N–H and O–H groups in total. The Morgan fingerprint density at radius 1 is 0.914 bits per heavy atom. The van der Waals surface area contributed by atoms with Crippen molar-refractivity contribution in [2.75, 3.05) is 31.7 Å². The number of anilines is 1. The lowest BCUT2D eigenvalue weighted by Crippen LogP contribution is -2.29. The SMILES string of the molecule is O=C(CCOCCNC(=O)OCC1c2ccccc2-c2ccccc21)Nc1ccc(C(=O)O)nc1. The van der Waals surface area contributed by atoms with Gasteiger partial charge in [0.2, 0.25) is 5.91 Å². The molecule has 180 valence electrons. The number of carboxylic acids is 1. The highest BCUT2D eigenvalue weighted by Gasteiger charge is 2.28. The van der Waals surface area contributed by atoms with Gasteiger partial charge in [0.1, 0.15) is 12.3 Å². The second kappa shape index (κ2) is 11.3.